The molecule has 1 aliphatic carbocycles. The highest BCUT2D eigenvalue weighted by Gasteiger charge is 2.19. The Labute approximate surface area is 142 Å². The molecule has 23 heavy (non-hydrogen) atoms. The van der Waals surface area contributed by atoms with Gasteiger partial charge in [0.2, 0.25) is 5.91 Å². The van der Waals surface area contributed by atoms with Crippen LogP contribution in [-0.2, 0) is 17.9 Å². The van der Waals surface area contributed by atoms with Crippen LogP contribution in [0, 0.1) is 5.92 Å². The molecule has 1 aliphatic rings. The highest BCUT2D eigenvalue weighted by Crippen LogP contribution is 2.28. The Bertz CT molecular complexity index is 534. The number of carbonyl (C=O) groups excluding carboxylic acids is 1. The minimum Gasteiger partial charge on any atom is -0.467 e. The van der Waals surface area contributed by atoms with Gasteiger partial charge in [-0.25, -0.2) is 0 Å². The van der Waals surface area contributed by atoms with Crippen molar-refractivity contribution in [3.05, 3.63) is 46.5 Å². The van der Waals surface area contributed by atoms with Crippen molar-refractivity contribution < 1.29 is 9.21 Å². The van der Waals surface area contributed by atoms with Crippen LogP contribution in [-0.4, -0.2) is 10.8 Å². The zero-order valence-electron chi connectivity index (χ0n) is 13.6. The molecule has 0 saturated heterocycles. The molecule has 1 saturated carbocycles. The minimum atomic E-state index is 0.250. The standard InChI is InChI=1S/C19H25NO2S/c21-19(11-10-16-6-2-1-3-7-16)20(14-17-8-4-12-22-17)15-18-9-5-13-23-18/h4-5,8-9,12-13,16H,1-3,6-7,10-11,14-15H2. The van der Waals surface area contributed by atoms with Gasteiger partial charge >= 0.3 is 0 Å². The van der Waals surface area contributed by atoms with Crippen LogP contribution in [0.25, 0.3) is 0 Å². The van der Waals surface area contributed by atoms with Gasteiger partial charge in [0.15, 0.2) is 0 Å². The fourth-order valence-electron chi connectivity index (χ4n) is 3.38. The predicted molar refractivity (Wildman–Crippen MR) is 93.1 cm³/mol. The van der Waals surface area contributed by atoms with E-state index in [2.05, 4.69) is 11.4 Å². The van der Waals surface area contributed by atoms with Crippen LogP contribution in [0.4, 0.5) is 0 Å². The Morgan fingerprint density at radius 1 is 1.17 bits per heavy atom. The summed E-state index contributed by atoms with van der Waals surface area (Å²) in [4.78, 5) is 15.9. The summed E-state index contributed by atoms with van der Waals surface area (Å²) in [5, 5.41) is 2.06. The summed E-state index contributed by atoms with van der Waals surface area (Å²) in [7, 11) is 0. The molecular formula is C19H25NO2S. The van der Waals surface area contributed by atoms with E-state index >= 15 is 0 Å². The second-order valence-corrected chi connectivity index (χ2v) is 7.48. The monoisotopic (exact) mass is 331 g/mol. The zero-order chi connectivity index (χ0) is 15.9. The van der Waals surface area contributed by atoms with Crippen LogP contribution in [0.1, 0.15) is 55.6 Å². The third-order valence-electron chi connectivity index (χ3n) is 4.70. The van der Waals surface area contributed by atoms with Gasteiger partial charge in [-0.1, -0.05) is 38.2 Å². The van der Waals surface area contributed by atoms with E-state index in [1.807, 2.05) is 23.1 Å². The van der Waals surface area contributed by atoms with Crippen molar-refractivity contribution in [2.75, 3.05) is 0 Å². The molecular weight excluding hydrogens is 306 g/mol. The quantitative estimate of drug-likeness (QED) is 0.696. The van der Waals surface area contributed by atoms with Crippen molar-refractivity contribution in [2.45, 2.75) is 58.0 Å². The predicted octanol–water partition coefficient (Wildman–Crippen LogP) is 5.23. The molecule has 0 atom stereocenters. The highest BCUT2D eigenvalue weighted by atomic mass is 32.1. The van der Waals surface area contributed by atoms with Gasteiger partial charge in [0, 0.05) is 11.3 Å². The van der Waals surface area contributed by atoms with E-state index in [1.54, 1.807) is 17.6 Å². The number of hydrogen-bond acceptors (Lipinski definition) is 3. The molecule has 0 bridgehead atoms. The number of furan rings is 1. The lowest BCUT2D eigenvalue weighted by atomic mass is 9.86. The number of nitrogens with zero attached hydrogens (tertiary/aromatic N) is 1. The van der Waals surface area contributed by atoms with Crippen molar-refractivity contribution in [1.82, 2.24) is 4.90 Å². The first-order valence-electron chi connectivity index (χ1n) is 8.64. The average Bonchev–Trinajstić information content (AvgIpc) is 3.27. The third-order valence-corrected chi connectivity index (χ3v) is 5.56. The van der Waals surface area contributed by atoms with Crippen molar-refractivity contribution in [1.29, 1.82) is 0 Å². The number of hydrogen-bond donors (Lipinski definition) is 0. The molecule has 0 aliphatic heterocycles. The summed E-state index contributed by atoms with van der Waals surface area (Å²) in [6.07, 6.45) is 10.0. The topological polar surface area (TPSA) is 33.5 Å². The maximum absolute atomic E-state index is 12.7. The van der Waals surface area contributed by atoms with Gasteiger partial charge in [-0.2, -0.15) is 0 Å². The Hall–Kier alpha value is -1.55. The van der Waals surface area contributed by atoms with E-state index in [-0.39, 0.29) is 5.91 Å². The van der Waals surface area contributed by atoms with Gasteiger partial charge < -0.3 is 9.32 Å². The molecule has 3 nitrogen and oxygen atoms in total. The van der Waals surface area contributed by atoms with Crippen molar-refractivity contribution in [2.24, 2.45) is 5.92 Å². The molecule has 3 rings (SSSR count). The molecule has 0 N–H and O–H groups in total. The minimum absolute atomic E-state index is 0.250. The first-order valence-corrected chi connectivity index (χ1v) is 9.52. The van der Waals surface area contributed by atoms with Crippen LogP contribution in [0.3, 0.4) is 0 Å². The summed E-state index contributed by atoms with van der Waals surface area (Å²) >= 11 is 1.70. The van der Waals surface area contributed by atoms with Crippen molar-refractivity contribution in [3.63, 3.8) is 0 Å². The van der Waals surface area contributed by atoms with Crippen LogP contribution >= 0.6 is 11.3 Å². The zero-order valence-corrected chi connectivity index (χ0v) is 14.4. The first-order chi connectivity index (χ1) is 11.3. The third kappa shape index (κ3) is 4.96. The lowest BCUT2D eigenvalue weighted by molar-refractivity contribution is -0.133. The second-order valence-electron chi connectivity index (χ2n) is 6.45. The molecule has 124 valence electrons. The highest BCUT2D eigenvalue weighted by molar-refractivity contribution is 7.09. The molecule has 4 heteroatoms. The molecule has 2 heterocycles. The summed E-state index contributed by atoms with van der Waals surface area (Å²) in [6.45, 7) is 1.25. The van der Waals surface area contributed by atoms with Gasteiger partial charge in [0.05, 0.1) is 19.4 Å². The van der Waals surface area contributed by atoms with Gasteiger partial charge in [0.1, 0.15) is 5.76 Å². The van der Waals surface area contributed by atoms with E-state index in [1.165, 1.54) is 37.0 Å². The van der Waals surface area contributed by atoms with Crippen molar-refractivity contribution in [3.8, 4) is 0 Å². The second kappa shape index (κ2) is 8.34. The van der Waals surface area contributed by atoms with Gasteiger partial charge in [-0.15, -0.1) is 11.3 Å². The number of thiophene rings is 1. The molecule has 0 radical (unpaired) electrons. The van der Waals surface area contributed by atoms with Crippen molar-refractivity contribution >= 4 is 17.2 Å². The number of amides is 1. The van der Waals surface area contributed by atoms with Gasteiger partial charge in [-0.05, 0) is 35.9 Å². The first kappa shape index (κ1) is 16.3. The van der Waals surface area contributed by atoms with Crippen LogP contribution in [0.15, 0.2) is 40.3 Å². The maximum atomic E-state index is 12.7. The van der Waals surface area contributed by atoms with Crippen LogP contribution < -0.4 is 0 Å². The molecule has 2 aromatic rings. The lowest BCUT2D eigenvalue weighted by Gasteiger charge is -2.24. The number of rotatable bonds is 7. The summed E-state index contributed by atoms with van der Waals surface area (Å²) in [5.74, 6) is 1.85. The normalized spacial score (nSPS) is 15.7. The smallest absolute Gasteiger partial charge is 0.223 e. The summed E-state index contributed by atoms with van der Waals surface area (Å²) in [5.41, 5.74) is 0. The van der Waals surface area contributed by atoms with E-state index in [0.29, 0.717) is 19.5 Å². The lowest BCUT2D eigenvalue weighted by Crippen LogP contribution is -2.30. The fraction of sp³-hybridized carbons (Fsp3) is 0.526. The molecule has 1 amide bonds. The van der Waals surface area contributed by atoms with Crippen LogP contribution in [0.2, 0.25) is 0 Å². The molecule has 0 unspecified atom stereocenters. The largest absolute Gasteiger partial charge is 0.467 e. The maximum Gasteiger partial charge on any atom is 0.223 e. The van der Waals surface area contributed by atoms with Gasteiger partial charge in [0.25, 0.3) is 0 Å². The molecule has 0 spiro atoms. The summed E-state index contributed by atoms with van der Waals surface area (Å²) < 4.78 is 5.44. The molecule has 0 aromatic carbocycles. The van der Waals surface area contributed by atoms with E-state index < -0.39 is 0 Å². The molecule has 1 fully saturated rings. The average molecular weight is 331 g/mol. The Kier molecular flexibility index (Phi) is 5.92. The van der Waals surface area contributed by atoms with Crippen LogP contribution in [0.5, 0.6) is 0 Å². The molecule has 2 aromatic heterocycles. The summed E-state index contributed by atoms with van der Waals surface area (Å²) in [6, 6.07) is 7.95. The van der Waals surface area contributed by atoms with E-state index in [4.69, 9.17) is 4.42 Å². The fourth-order valence-corrected chi connectivity index (χ4v) is 4.09. The number of carbonyl (C=O) groups is 1. The Balaban J connectivity index is 1.57. The van der Waals surface area contributed by atoms with Gasteiger partial charge in [-0.3, -0.25) is 4.79 Å². The van der Waals surface area contributed by atoms with E-state index in [0.717, 1.165) is 18.1 Å². The SMILES string of the molecule is O=C(CCC1CCCCC1)N(Cc1ccco1)Cc1cccs1. The van der Waals surface area contributed by atoms with E-state index in [9.17, 15) is 4.79 Å². The Morgan fingerprint density at radius 2 is 2.04 bits per heavy atom. The Morgan fingerprint density at radius 3 is 2.74 bits per heavy atom.